The van der Waals surface area contributed by atoms with Gasteiger partial charge in [0.05, 0.1) is 18.8 Å². The summed E-state index contributed by atoms with van der Waals surface area (Å²) in [4.78, 5) is 11.8. The van der Waals surface area contributed by atoms with Crippen LogP contribution in [0.1, 0.15) is 24.9 Å². The van der Waals surface area contributed by atoms with Crippen LogP contribution in [0.5, 0.6) is 0 Å². The van der Waals surface area contributed by atoms with Crippen molar-refractivity contribution in [1.29, 1.82) is 0 Å². The number of rotatable bonds is 6. The average molecular weight is 320 g/mol. The molecule has 1 amide bonds. The molecular weight excluding hydrogens is 302 g/mol. The van der Waals surface area contributed by atoms with Crippen LogP contribution in [0.2, 0.25) is 0 Å². The first-order valence-corrected chi connectivity index (χ1v) is 8.15. The molecule has 0 unspecified atom stereocenters. The van der Waals surface area contributed by atoms with Gasteiger partial charge in [-0.1, -0.05) is 6.92 Å². The van der Waals surface area contributed by atoms with Crippen molar-refractivity contribution in [3.63, 3.8) is 0 Å². The van der Waals surface area contributed by atoms with E-state index in [1.165, 1.54) is 7.05 Å². The molecule has 0 saturated heterocycles. The van der Waals surface area contributed by atoms with E-state index in [0.29, 0.717) is 6.42 Å². The first-order chi connectivity index (χ1) is 9.65. The predicted octanol–water partition coefficient (Wildman–Crippen LogP) is 1.42. The average Bonchev–Trinajstić information content (AvgIpc) is 2.38. The van der Waals surface area contributed by atoms with Crippen LogP contribution in [0.4, 0.5) is 8.78 Å². The van der Waals surface area contributed by atoms with Crippen LogP contribution >= 0.6 is 0 Å². The summed E-state index contributed by atoms with van der Waals surface area (Å²) in [6.07, 6.45) is 1.32. The normalized spacial score (nSPS) is 13.2. The van der Waals surface area contributed by atoms with Crippen molar-refractivity contribution in [3.8, 4) is 0 Å². The lowest BCUT2D eigenvalue weighted by Gasteiger charge is -2.20. The minimum atomic E-state index is -3.48. The van der Waals surface area contributed by atoms with Crippen molar-refractivity contribution in [2.45, 2.75) is 19.4 Å². The molecule has 0 radical (unpaired) electrons. The smallest absolute Gasteiger partial charge is 0.235 e. The van der Waals surface area contributed by atoms with E-state index in [1.54, 1.807) is 6.92 Å². The fraction of sp³-hybridized carbons (Fsp3) is 0.462. The maximum atomic E-state index is 13.7. The molecule has 118 valence electrons. The topological polar surface area (TPSA) is 66.5 Å². The van der Waals surface area contributed by atoms with Crippen LogP contribution in [-0.4, -0.2) is 38.5 Å². The number of benzene rings is 1. The number of hydrogen-bond donors (Lipinski definition) is 1. The zero-order chi connectivity index (χ0) is 16.2. The quantitative estimate of drug-likeness (QED) is 0.862. The van der Waals surface area contributed by atoms with Crippen LogP contribution in [-0.2, 0) is 14.8 Å². The number of nitrogens with zero attached hydrogens (tertiary/aromatic N) is 1. The Labute approximate surface area is 123 Å². The summed E-state index contributed by atoms with van der Waals surface area (Å²) in [5.74, 6) is -1.81. The van der Waals surface area contributed by atoms with Crippen LogP contribution in [0, 0.1) is 11.6 Å². The molecule has 8 heteroatoms. The molecular formula is C13H18F2N2O3S. The van der Waals surface area contributed by atoms with E-state index in [-0.39, 0.29) is 12.1 Å². The Kier molecular flexibility index (Phi) is 5.79. The van der Waals surface area contributed by atoms with Gasteiger partial charge >= 0.3 is 0 Å². The number of hydrogen-bond acceptors (Lipinski definition) is 3. The Morgan fingerprint density at radius 2 is 2.00 bits per heavy atom. The van der Waals surface area contributed by atoms with Crippen LogP contribution in [0.3, 0.4) is 0 Å². The highest BCUT2D eigenvalue weighted by molar-refractivity contribution is 7.88. The van der Waals surface area contributed by atoms with Crippen molar-refractivity contribution in [2.24, 2.45) is 0 Å². The van der Waals surface area contributed by atoms with Crippen LogP contribution in [0.15, 0.2) is 18.2 Å². The van der Waals surface area contributed by atoms with Gasteiger partial charge in [0.25, 0.3) is 0 Å². The predicted molar refractivity (Wildman–Crippen MR) is 75.0 cm³/mol. The second-order valence-electron chi connectivity index (χ2n) is 4.71. The SMILES string of the molecule is CC[C@@H](NC(=O)CN(C)S(C)(=O)=O)c1cc(F)ccc1F. The second-order valence-corrected chi connectivity index (χ2v) is 6.80. The van der Waals surface area contributed by atoms with Gasteiger partial charge in [-0.15, -0.1) is 0 Å². The van der Waals surface area contributed by atoms with Crippen LogP contribution < -0.4 is 5.32 Å². The Hall–Kier alpha value is -1.54. The van der Waals surface area contributed by atoms with Gasteiger partial charge in [0.1, 0.15) is 11.6 Å². The first-order valence-electron chi connectivity index (χ1n) is 6.30. The second kappa shape index (κ2) is 6.95. The molecule has 0 aromatic heterocycles. The van der Waals surface area contributed by atoms with Gasteiger partial charge in [-0.3, -0.25) is 4.79 Å². The number of amides is 1. The fourth-order valence-corrected chi connectivity index (χ4v) is 2.09. The first kappa shape index (κ1) is 17.5. The molecule has 21 heavy (non-hydrogen) atoms. The number of halogens is 2. The van der Waals surface area contributed by atoms with Gasteiger partial charge in [-0.2, -0.15) is 4.31 Å². The summed E-state index contributed by atoms with van der Waals surface area (Å²) in [6.45, 7) is 1.32. The molecule has 0 bridgehead atoms. The Morgan fingerprint density at radius 3 is 2.52 bits per heavy atom. The molecule has 1 atom stereocenters. The van der Waals surface area contributed by atoms with E-state index in [1.807, 2.05) is 0 Å². The van der Waals surface area contributed by atoms with Crippen molar-refractivity contribution in [3.05, 3.63) is 35.4 Å². The molecule has 1 rings (SSSR count). The number of carbonyl (C=O) groups is 1. The zero-order valence-corrected chi connectivity index (χ0v) is 12.9. The van der Waals surface area contributed by atoms with Gasteiger partial charge < -0.3 is 5.32 Å². The summed E-state index contributed by atoms with van der Waals surface area (Å²) in [6, 6.07) is 2.28. The summed E-state index contributed by atoms with van der Waals surface area (Å²) in [7, 11) is -2.22. The minimum absolute atomic E-state index is 0.0351. The van der Waals surface area contributed by atoms with Gasteiger partial charge in [0.2, 0.25) is 15.9 Å². The zero-order valence-electron chi connectivity index (χ0n) is 12.1. The molecule has 5 nitrogen and oxygen atoms in total. The number of sulfonamides is 1. The van der Waals surface area contributed by atoms with Gasteiger partial charge in [-0.25, -0.2) is 17.2 Å². The lowest BCUT2D eigenvalue weighted by molar-refractivity contribution is -0.121. The molecule has 1 aromatic carbocycles. The van der Waals surface area contributed by atoms with E-state index in [0.717, 1.165) is 28.8 Å². The van der Waals surface area contributed by atoms with E-state index in [9.17, 15) is 22.0 Å². The monoisotopic (exact) mass is 320 g/mol. The Balaban J connectivity index is 2.83. The largest absolute Gasteiger partial charge is 0.348 e. The highest BCUT2D eigenvalue weighted by atomic mass is 32.2. The summed E-state index contributed by atoms with van der Waals surface area (Å²) >= 11 is 0. The Morgan fingerprint density at radius 1 is 1.38 bits per heavy atom. The molecule has 1 N–H and O–H groups in total. The molecule has 0 aliphatic heterocycles. The molecule has 1 aromatic rings. The third-order valence-corrected chi connectivity index (χ3v) is 4.27. The standard InChI is InChI=1S/C13H18F2N2O3S/c1-4-12(10-7-9(14)5-6-11(10)15)16-13(18)8-17(2)21(3,19)20/h5-7,12H,4,8H2,1-3H3,(H,16,18)/t12-/m1/s1. The molecule has 0 aliphatic rings. The summed E-state index contributed by atoms with van der Waals surface area (Å²) in [5, 5.41) is 2.50. The van der Waals surface area contributed by atoms with E-state index in [2.05, 4.69) is 5.32 Å². The highest BCUT2D eigenvalue weighted by Crippen LogP contribution is 2.21. The number of likely N-dealkylation sites (N-methyl/N-ethyl adjacent to an activating group) is 1. The summed E-state index contributed by atoms with van der Waals surface area (Å²) in [5.41, 5.74) is 0.0351. The van der Waals surface area contributed by atoms with E-state index < -0.39 is 33.6 Å². The van der Waals surface area contributed by atoms with Gasteiger partial charge in [0.15, 0.2) is 0 Å². The van der Waals surface area contributed by atoms with Crippen LogP contribution in [0.25, 0.3) is 0 Å². The lowest BCUT2D eigenvalue weighted by Crippen LogP contribution is -2.39. The third-order valence-electron chi connectivity index (χ3n) is 3.01. The summed E-state index contributed by atoms with van der Waals surface area (Å²) < 4.78 is 50.2. The molecule has 0 heterocycles. The maximum absolute atomic E-state index is 13.7. The third kappa shape index (κ3) is 5.05. The maximum Gasteiger partial charge on any atom is 0.235 e. The van der Waals surface area contributed by atoms with Crippen molar-refractivity contribution < 1.29 is 22.0 Å². The molecule has 0 aliphatic carbocycles. The molecule has 0 saturated carbocycles. The van der Waals surface area contributed by atoms with Crippen molar-refractivity contribution in [1.82, 2.24) is 9.62 Å². The highest BCUT2D eigenvalue weighted by Gasteiger charge is 2.20. The molecule has 0 spiro atoms. The van der Waals surface area contributed by atoms with E-state index in [4.69, 9.17) is 0 Å². The van der Waals surface area contributed by atoms with Gasteiger partial charge in [-0.05, 0) is 24.6 Å². The lowest BCUT2D eigenvalue weighted by atomic mass is 10.0. The Bertz CT molecular complexity index is 620. The fourth-order valence-electron chi connectivity index (χ4n) is 1.74. The minimum Gasteiger partial charge on any atom is -0.348 e. The van der Waals surface area contributed by atoms with E-state index >= 15 is 0 Å². The van der Waals surface area contributed by atoms with Crippen molar-refractivity contribution in [2.75, 3.05) is 19.8 Å². The number of carbonyl (C=O) groups excluding carboxylic acids is 1. The number of nitrogens with one attached hydrogen (secondary N) is 1. The van der Waals surface area contributed by atoms with Crippen molar-refractivity contribution >= 4 is 15.9 Å². The molecule has 0 fully saturated rings. The van der Waals surface area contributed by atoms with Gasteiger partial charge in [0, 0.05) is 12.6 Å².